The van der Waals surface area contributed by atoms with Crippen molar-refractivity contribution in [2.75, 3.05) is 20.7 Å². The number of halogens is 1. The number of methoxy groups -OCH3 is 1. The van der Waals surface area contributed by atoms with E-state index < -0.39 is 5.82 Å². The van der Waals surface area contributed by atoms with Crippen LogP contribution in [0.3, 0.4) is 0 Å². The van der Waals surface area contributed by atoms with Crippen LogP contribution >= 0.6 is 0 Å². The smallest absolute Gasteiger partial charge is 0.176 e. The number of benzene rings is 1. The largest absolute Gasteiger partial charge is 0.494 e. The summed E-state index contributed by atoms with van der Waals surface area (Å²) in [5.41, 5.74) is 0.376. The van der Waals surface area contributed by atoms with Gasteiger partial charge in [0.15, 0.2) is 17.3 Å². The van der Waals surface area contributed by atoms with Gasteiger partial charge in [-0.2, -0.15) is 0 Å². The Morgan fingerprint density at radius 3 is 2.47 bits per heavy atom. The van der Waals surface area contributed by atoms with Crippen LogP contribution in [0.15, 0.2) is 18.2 Å². The van der Waals surface area contributed by atoms with E-state index in [1.165, 1.54) is 19.2 Å². The summed E-state index contributed by atoms with van der Waals surface area (Å²) in [4.78, 5) is 14.1. The summed E-state index contributed by atoms with van der Waals surface area (Å²) in [7, 11) is 3.31. The summed E-state index contributed by atoms with van der Waals surface area (Å²) < 4.78 is 18.4. The normalized spacial score (nSPS) is 12.8. The van der Waals surface area contributed by atoms with E-state index in [2.05, 4.69) is 20.8 Å². The van der Waals surface area contributed by atoms with Crippen LogP contribution in [0.1, 0.15) is 31.1 Å². The number of Topliss-reactive ketones (excluding diaryl/α,β-unsaturated/α-hetero) is 1. The van der Waals surface area contributed by atoms with Crippen LogP contribution in [-0.2, 0) is 0 Å². The summed E-state index contributed by atoms with van der Waals surface area (Å²) in [5, 5.41) is 0. The molecule has 0 saturated carbocycles. The van der Waals surface area contributed by atoms with E-state index in [4.69, 9.17) is 4.74 Å². The average molecular weight is 267 g/mol. The summed E-state index contributed by atoms with van der Waals surface area (Å²) in [5.74, 6) is 0.0234. The lowest BCUT2D eigenvalue weighted by molar-refractivity contribution is 0.0906. The molecular formula is C15H22FNO2. The highest BCUT2D eigenvalue weighted by atomic mass is 19.1. The number of nitrogens with zero attached hydrogens (tertiary/aromatic N) is 1. The first-order valence-electron chi connectivity index (χ1n) is 6.43. The number of ether oxygens (including phenoxy) is 1. The van der Waals surface area contributed by atoms with Gasteiger partial charge in [-0.15, -0.1) is 0 Å². The minimum absolute atomic E-state index is 0.0865. The fourth-order valence-corrected chi connectivity index (χ4v) is 1.81. The lowest BCUT2D eigenvalue weighted by atomic mass is 10.0. The molecule has 1 rings (SSSR count). The molecule has 0 heterocycles. The molecule has 0 aliphatic rings. The van der Waals surface area contributed by atoms with Crippen LogP contribution in [0.4, 0.5) is 4.39 Å². The van der Waals surface area contributed by atoms with Crippen molar-refractivity contribution in [1.82, 2.24) is 4.90 Å². The SMILES string of the molecule is COc1ccc(C(=O)CN(C)C(C)C(C)C)cc1F. The maximum absolute atomic E-state index is 13.5. The Kier molecular flexibility index (Phi) is 5.48. The topological polar surface area (TPSA) is 29.5 Å². The zero-order valence-electron chi connectivity index (χ0n) is 12.2. The second-order valence-electron chi connectivity index (χ2n) is 5.17. The van der Waals surface area contributed by atoms with Crippen LogP contribution in [0.5, 0.6) is 5.75 Å². The number of carbonyl (C=O) groups excluding carboxylic acids is 1. The van der Waals surface area contributed by atoms with Crippen molar-refractivity contribution in [2.45, 2.75) is 26.8 Å². The first kappa shape index (κ1) is 15.6. The van der Waals surface area contributed by atoms with E-state index >= 15 is 0 Å². The standard InChI is InChI=1S/C15H22FNO2/c1-10(2)11(3)17(4)9-14(18)12-6-7-15(19-5)13(16)8-12/h6-8,10-11H,9H2,1-5H3. The zero-order chi connectivity index (χ0) is 14.6. The second kappa shape index (κ2) is 6.66. The lowest BCUT2D eigenvalue weighted by Crippen LogP contribution is -2.37. The van der Waals surface area contributed by atoms with Gasteiger partial charge in [0.2, 0.25) is 0 Å². The Bertz CT molecular complexity index is 446. The molecular weight excluding hydrogens is 245 g/mol. The number of carbonyl (C=O) groups is 1. The molecule has 3 nitrogen and oxygen atoms in total. The molecule has 1 aromatic rings. The maximum Gasteiger partial charge on any atom is 0.176 e. The Hall–Kier alpha value is -1.42. The van der Waals surface area contributed by atoms with Gasteiger partial charge >= 0.3 is 0 Å². The van der Waals surface area contributed by atoms with Crippen molar-refractivity contribution in [3.05, 3.63) is 29.6 Å². The van der Waals surface area contributed by atoms with E-state index in [0.717, 1.165) is 0 Å². The maximum atomic E-state index is 13.5. The number of rotatable bonds is 6. The van der Waals surface area contributed by atoms with Crippen LogP contribution in [0.2, 0.25) is 0 Å². The second-order valence-corrected chi connectivity index (χ2v) is 5.17. The van der Waals surface area contributed by atoms with Crippen molar-refractivity contribution in [1.29, 1.82) is 0 Å². The molecule has 0 aliphatic heterocycles. The molecule has 0 fully saturated rings. The zero-order valence-corrected chi connectivity index (χ0v) is 12.2. The molecule has 0 spiro atoms. The van der Waals surface area contributed by atoms with E-state index in [9.17, 15) is 9.18 Å². The Balaban J connectivity index is 2.76. The molecule has 4 heteroatoms. The molecule has 1 atom stereocenters. The molecule has 106 valence electrons. The van der Waals surface area contributed by atoms with E-state index in [0.29, 0.717) is 17.5 Å². The molecule has 0 N–H and O–H groups in total. The Labute approximate surface area is 114 Å². The summed E-state index contributed by atoms with van der Waals surface area (Å²) in [6, 6.07) is 4.61. The lowest BCUT2D eigenvalue weighted by Gasteiger charge is -2.27. The van der Waals surface area contributed by atoms with Gasteiger partial charge in [0, 0.05) is 11.6 Å². The molecule has 0 aliphatic carbocycles. The summed E-state index contributed by atoms with van der Waals surface area (Å²) >= 11 is 0. The summed E-state index contributed by atoms with van der Waals surface area (Å²) in [6.45, 7) is 6.58. The van der Waals surface area contributed by atoms with Crippen LogP contribution < -0.4 is 4.74 Å². The highest BCUT2D eigenvalue weighted by molar-refractivity contribution is 5.97. The molecule has 0 bridgehead atoms. The third kappa shape index (κ3) is 4.03. The number of likely N-dealkylation sites (N-methyl/N-ethyl adjacent to an activating group) is 1. The Morgan fingerprint density at radius 1 is 1.37 bits per heavy atom. The fourth-order valence-electron chi connectivity index (χ4n) is 1.81. The van der Waals surface area contributed by atoms with Gasteiger partial charge in [-0.05, 0) is 38.1 Å². The van der Waals surface area contributed by atoms with Gasteiger partial charge in [0.1, 0.15) is 0 Å². The highest BCUT2D eigenvalue weighted by Gasteiger charge is 2.17. The average Bonchev–Trinajstić information content (AvgIpc) is 2.37. The van der Waals surface area contributed by atoms with Crippen molar-refractivity contribution < 1.29 is 13.9 Å². The van der Waals surface area contributed by atoms with Gasteiger partial charge in [-0.1, -0.05) is 13.8 Å². The predicted octanol–water partition coefficient (Wildman–Crippen LogP) is 2.99. The molecule has 1 unspecified atom stereocenters. The fraction of sp³-hybridized carbons (Fsp3) is 0.533. The minimum atomic E-state index is -0.507. The molecule has 0 aromatic heterocycles. The molecule has 19 heavy (non-hydrogen) atoms. The summed E-state index contributed by atoms with van der Waals surface area (Å²) in [6.07, 6.45) is 0. The van der Waals surface area contributed by atoms with Crippen molar-refractivity contribution in [2.24, 2.45) is 5.92 Å². The highest BCUT2D eigenvalue weighted by Crippen LogP contribution is 2.18. The monoisotopic (exact) mass is 267 g/mol. The van der Waals surface area contributed by atoms with Gasteiger partial charge in [-0.25, -0.2) is 4.39 Å². The first-order valence-corrected chi connectivity index (χ1v) is 6.43. The molecule has 0 saturated heterocycles. The molecule has 0 radical (unpaired) electrons. The third-order valence-corrected chi connectivity index (χ3v) is 3.53. The molecule has 0 amide bonds. The molecule has 1 aromatic carbocycles. The van der Waals surface area contributed by atoms with Gasteiger partial charge in [0.05, 0.1) is 13.7 Å². The number of ketones is 1. The van der Waals surface area contributed by atoms with Crippen LogP contribution in [0.25, 0.3) is 0 Å². The van der Waals surface area contributed by atoms with Crippen LogP contribution in [-0.4, -0.2) is 37.4 Å². The minimum Gasteiger partial charge on any atom is -0.494 e. The van der Waals surface area contributed by atoms with Gasteiger partial charge < -0.3 is 4.74 Å². The van der Waals surface area contributed by atoms with Crippen molar-refractivity contribution in [3.63, 3.8) is 0 Å². The predicted molar refractivity (Wildman–Crippen MR) is 74.2 cm³/mol. The van der Waals surface area contributed by atoms with Gasteiger partial charge in [-0.3, -0.25) is 9.69 Å². The quantitative estimate of drug-likeness (QED) is 0.742. The van der Waals surface area contributed by atoms with E-state index in [1.54, 1.807) is 6.07 Å². The number of hydrogen-bond acceptors (Lipinski definition) is 3. The van der Waals surface area contributed by atoms with Crippen LogP contribution in [0, 0.1) is 11.7 Å². The van der Waals surface area contributed by atoms with E-state index in [1.807, 2.05) is 11.9 Å². The first-order chi connectivity index (χ1) is 8.86. The van der Waals surface area contributed by atoms with Crippen molar-refractivity contribution in [3.8, 4) is 5.75 Å². The van der Waals surface area contributed by atoms with Crippen molar-refractivity contribution >= 4 is 5.78 Å². The van der Waals surface area contributed by atoms with Gasteiger partial charge in [0.25, 0.3) is 0 Å². The number of hydrogen-bond donors (Lipinski definition) is 0. The van der Waals surface area contributed by atoms with E-state index in [-0.39, 0.29) is 18.1 Å². The Morgan fingerprint density at radius 2 is 2.00 bits per heavy atom. The third-order valence-electron chi connectivity index (χ3n) is 3.53.